The Kier molecular flexibility index (Phi) is 7.88. The minimum absolute atomic E-state index is 0.633. The highest BCUT2D eigenvalue weighted by Crippen LogP contribution is 2.38. The average Bonchev–Trinajstić information content (AvgIpc) is 3.26. The molecule has 5 aromatic carbocycles. The van der Waals surface area contributed by atoms with Gasteiger partial charge in [-0.3, -0.25) is 0 Å². The molecule has 0 N–H and O–H groups in total. The zero-order chi connectivity index (χ0) is 31.5. The van der Waals surface area contributed by atoms with Crippen molar-refractivity contribution in [3.05, 3.63) is 159 Å². The van der Waals surface area contributed by atoms with Crippen molar-refractivity contribution in [1.82, 2.24) is 0 Å². The Bertz CT molecular complexity index is 2410. The van der Waals surface area contributed by atoms with Gasteiger partial charge in [0.25, 0.3) is 0 Å². The molecule has 0 amide bonds. The van der Waals surface area contributed by atoms with Crippen molar-refractivity contribution in [3.8, 4) is 12.1 Å². The third-order valence-corrected chi connectivity index (χ3v) is 9.35. The van der Waals surface area contributed by atoms with E-state index in [1.807, 2.05) is 24.3 Å². The average molecular weight is 608 g/mol. The standard InChI is InChI=1S/C42H29N3S/c1-29-40(41-11-4-5-12-42(41)46-29)10-3-2-7-30-14-19-37(20-15-30)45(39-22-18-35-24-32(28-44)13-16-36(35)26-39)38-21-17-34-23-31(27-43)8-6-9-33(34)25-38/h2-6,9-26H,1,7-8H2/b3-2-,40-10+. The van der Waals surface area contributed by atoms with E-state index in [0.29, 0.717) is 12.0 Å². The van der Waals surface area contributed by atoms with Crippen molar-refractivity contribution in [2.75, 3.05) is 4.90 Å². The van der Waals surface area contributed by atoms with Crippen molar-refractivity contribution in [1.29, 1.82) is 10.5 Å². The van der Waals surface area contributed by atoms with E-state index in [9.17, 15) is 10.5 Å². The molecule has 7 rings (SSSR count). The molecule has 1 aliphatic rings. The Morgan fingerprint density at radius 1 is 0.783 bits per heavy atom. The van der Waals surface area contributed by atoms with Gasteiger partial charge < -0.3 is 4.90 Å². The first kappa shape index (κ1) is 28.8. The van der Waals surface area contributed by atoms with Crippen molar-refractivity contribution in [2.24, 2.45) is 0 Å². The molecule has 0 atom stereocenters. The van der Waals surface area contributed by atoms with E-state index in [0.717, 1.165) is 55.5 Å². The normalized spacial score (nSPS) is 12.9. The van der Waals surface area contributed by atoms with Crippen LogP contribution >= 0.6 is 11.3 Å². The van der Waals surface area contributed by atoms with Gasteiger partial charge in [0.15, 0.2) is 0 Å². The van der Waals surface area contributed by atoms with Crippen LogP contribution in [0.15, 0.2) is 127 Å². The van der Waals surface area contributed by atoms with Gasteiger partial charge in [0.05, 0.1) is 17.7 Å². The number of allylic oxidation sites excluding steroid dienone is 4. The number of thiophene rings is 1. The minimum Gasteiger partial charge on any atom is -0.310 e. The molecular weight excluding hydrogens is 579 g/mol. The summed E-state index contributed by atoms with van der Waals surface area (Å²) in [6.45, 7) is 4.25. The number of rotatable bonds is 6. The third-order valence-electron chi connectivity index (χ3n) is 8.31. The van der Waals surface area contributed by atoms with Crippen LogP contribution in [-0.4, -0.2) is 0 Å². The summed E-state index contributed by atoms with van der Waals surface area (Å²) in [6, 6.07) is 40.2. The molecule has 0 saturated carbocycles. The predicted octanol–water partition coefficient (Wildman–Crippen LogP) is 9.71. The number of hydrogen-bond acceptors (Lipinski definition) is 4. The number of fused-ring (bicyclic) bond motifs is 3. The van der Waals surface area contributed by atoms with Gasteiger partial charge in [-0.15, -0.1) is 11.3 Å². The summed E-state index contributed by atoms with van der Waals surface area (Å²) >= 11 is 1.73. The maximum Gasteiger partial charge on any atom is 0.0991 e. The molecule has 0 spiro atoms. The zero-order valence-corrected chi connectivity index (χ0v) is 26.0. The highest BCUT2D eigenvalue weighted by atomic mass is 32.1. The van der Waals surface area contributed by atoms with Crippen molar-refractivity contribution < 1.29 is 0 Å². The van der Waals surface area contributed by atoms with Gasteiger partial charge in [0, 0.05) is 43.7 Å². The number of nitrogens with zero attached hydrogens (tertiary/aromatic N) is 3. The Hall–Kier alpha value is -5.94. The van der Waals surface area contributed by atoms with E-state index >= 15 is 0 Å². The fourth-order valence-corrected chi connectivity index (χ4v) is 6.94. The van der Waals surface area contributed by atoms with Gasteiger partial charge in [-0.1, -0.05) is 85.5 Å². The Balaban J connectivity index is 1.22. The summed E-state index contributed by atoms with van der Waals surface area (Å²) in [6.07, 6.45) is 14.1. The predicted molar refractivity (Wildman–Crippen MR) is 194 cm³/mol. The van der Waals surface area contributed by atoms with Gasteiger partial charge in [-0.25, -0.2) is 0 Å². The Morgan fingerprint density at radius 3 is 2.39 bits per heavy atom. The van der Waals surface area contributed by atoms with E-state index in [4.69, 9.17) is 0 Å². The molecule has 0 aliphatic heterocycles. The molecule has 46 heavy (non-hydrogen) atoms. The molecule has 0 saturated heterocycles. The second-order valence-corrected chi connectivity index (χ2v) is 12.4. The molecule has 218 valence electrons. The Labute approximate surface area is 272 Å². The quantitative estimate of drug-likeness (QED) is 0.189. The van der Waals surface area contributed by atoms with E-state index < -0.39 is 0 Å². The summed E-state index contributed by atoms with van der Waals surface area (Å²) in [5, 5.41) is 23.4. The molecule has 1 heterocycles. The lowest BCUT2D eigenvalue weighted by molar-refractivity contribution is 1.24. The highest BCUT2D eigenvalue weighted by Gasteiger charge is 2.15. The SMILES string of the molecule is C=c1sc2ccccc2/c1=C/C=C\Cc1ccc(N(c2ccc3c(c2)C=CCC(C#N)=C3)c2ccc3cc(C#N)ccc3c2)cc1. The molecule has 0 radical (unpaired) electrons. The maximum absolute atomic E-state index is 9.50. The van der Waals surface area contributed by atoms with Crippen LogP contribution in [0.25, 0.3) is 45.7 Å². The fourth-order valence-electron chi connectivity index (χ4n) is 5.95. The van der Waals surface area contributed by atoms with E-state index in [1.54, 1.807) is 11.3 Å². The molecule has 1 aromatic heterocycles. The van der Waals surface area contributed by atoms with Gasteiger partial charge in [0.1, 0.15) is 0 Å². The van der Waals surface area contributed by atoms with Gasteiger partial charge in [-0.05, 0) is 99.8 Å². The zero-order valence-electron chi connectivity index (χ0n) is 25.2. The summed E-state index contributed by atoms with van der Waals surface area (Å²) in [4.78, 5) is 2.26. The van der Waals surface area contributed by atoms with E-state index in [1.165, 1.54) is 20.9 Å². The lowest BCUT2D eigenvalue weighted by Gasteiger charge is -2.26. The first-order valence-electron chi connectivity index (χ1n) is 15.2. The van der Waals surface area contributed by atoms with Crippen LogP contribution in [0.5, 0.6) is 0 Å². The first-order chi connectivity index (χ1) is 22.6. The van der Waals surface area contributed by atoms with Crippen LogP contribution in [0.4, 0.5) is 17.1 Å². The van der Waals surface area contributed by atoms with Crippen LogP contribution in [0, 0.1) is 22.7 Å². The molecular formula is C42H29N3S. The molecule has 0 fully saturated rings. The van der Waals surface area contributed by atoms with Crippen LogP contribution in [0.3, 0.4) is 0 Å². The monoisotopic (exact) mass is 607 g/mol. The number of hydrogen-bond donors (Lipinski definition) is 0. The van der Waals surface area contributed by atoms with E-state index in [2.05, 4.69) is 139 Å². The maximum atomic E-state index is 9.50. The summed E-state index contributed by atoms with van der Waals surface area (Å²) < 4.78 is 2.35. The van der Waals surface area contributed by atoms with Crippen molar-refractivity contribution in [3.63, 3.8) is 0 Å². The highest BCUT2D eigenvalue weighted by molar-refractivity contribution is 7.17. The molecule has 4 heteroatoms. The van der Waals surface area contributed by atoms with E-state index in [-0.39, 0.29) is 0 Å². The smallest absolute Gasteiger partial charge is 0.0991 e. The minimum atomic E-state index is 0.633. The lowest BCUT2D eigenvalue weighted by atomic mass is 10.0. The molecule has 3 nitrogen and oxygen atoms in total. The summed E-state index contributed by atoms with van der Waals surface area (Å²) in [5.41, 5.74) is 7.84. The van der Waals surface area contributed by atoms with Gasteiger partial charge >= 0.3 is 0 Å². The topological polar surface area (TPSA) is 50.8 Å². The second-order valence-electron chi connectivity index (χ2n) is 11.3. The molecule has 1 aliphatic carbocycles. The van der Waals surface area contributed by atoms with Crippen LogP contribution in [0.1, 0.15) is 28.7 Å². The third kappa shape index (κ3) is 5.78. The Morgan fingerprint density at radius 2 is 1.54 bits per heavy atom. The van der Waals surface area contributed by atoms with Crippen LogP contribution in [-0.2, 0) is 6.42 Å². The number of benzene rings is 5. The van der Waals surface area contributed by atoms with Gasteiger partial charge in [-0.2, -0.15) is 10.5 Å². The van der Waals surface area contributed by atoms with Crippen molar-refractivity contribution in [2.45, 2.75) is 12.8 Å². The molecule has 0 bridgehead atoms. The number of nitriles is 2. The molecule has 6 aromatic rings. The van der Waals surface area contributed by atoms with Crippen LogP contribution in [0.2, 0.25) is 0 Å². The molecule has 0 unspecified atom stereocenters. The summed E-state index contributed by atoms with van der Waals surface area (Å²) in [7, 11) is 0. The number of anilines is 3. The summed E-state index contributed by atoms with van der Waals surface area (Å²) in [5.74, 6) is 0. The largest absolute Gasteiger partial charge is 0.310 e. The first-order valence-corrected chi connectivity index (χ1v) is 16.0. The lowest BCUT2D eigenvalue weighted by Crippen LogP contribution is -2.15. The van der Waals surface area contributed by atoms with Crippen molar-refractivity contribution >= 4 is 74.1 Å². The second kappa shape index (κ2) is 12.6. The van der Waals surface area contributed by atoms with Crippen LogP contribution < -0.4 is 14.7 Å². The fraction of sp³-hybridized carbons (Fsp3) is 0.0476. The van der Waals surface area contributed by atoms with Gasteiger partial charge in [0.2, 0.25) is 0 Å².